The van der Waals surface area contributed by atoms with E-state index in [0.29, 0.717) is 17.8 Å². The van der Waals surface area contributed by atoms with Crippen LogP contribution in [0.15, 0.2) is 42.5 Å². The summed E-state index contributed by atoms with van der Waals surface area (Å²) < 4.78 is 0. The first-order valence-electron chi connectivity index (χ1n) is 7.00. The van der Waals surface area contributed by atoms with E-state index in [-0.39, 0.29) is 17.3 Å². The van der Waals surface area contributed by atoms with Crippen LogP contribution in [0.5, 0.6) is 0 Å². The van der Waals surface area contributed by atoms with Crippen LogP contribution < -0.4 is 10.6 Å². The number of non-ortho nitro benzene ring substituents is 1. The fourth-order valence-electron chi connectivity index (χ4n) is 1.97. The lowest BCUT2D eigenvalue weighted by Crippen LogP contribution is -2.09. The Hall–Kier alpha value is -3.49. The van der Waals surface area contributed by atoms with Gasteiger partial charge in [0.15, 0.2) is 0 Å². The van der Waals surface area contributed by atoms with Gasteiger partial charge < -0.3 is 10.6 Å². The highest BCUT2D eigenvalue weighted by molar-refractivity contribution is 5.91. The van der Waals surface area contributed by atoms with Gasteiger partial charge in [0.05, 0.1) is 15.9 Å². The zero-order valence-electron chi connectivity index (χ0n) is 12.7. The average Bonchev–Trinajstić information content (AvgIpc) is 2.55. The molecule has 124 valence electrons. The largest absolute Gasteiger partial charge is 0.350 e. The molecule has 2 N–H and O–H groups in total. The minimum absolute atomic E-state index is 0.115. The molecule has 0 aliphatic rings. The average molecular weight is 330 g/mol. The van der Waals surface area contributed by atoms with Gasteiger partial charge in [0.1, 0.15) is 5.69 Å². The predicted octanol–water partition coefficient (Wildman–Crippen LogP) is 3.60. The van der Waals surface area contributed by atoms with Crippen LogP contribution in [0.2, 0.25) is 0 Å². The minimum Gasteiger partial charge on any atom is -0.350 e. The number of nitro groups is 2. The van der Waals surface area contributed by atoms with Gasteiger partial charge in [-0.2, -0.15) is 0 Å². The molecule has 2 aromatic carbocycles. The molecule has 0 aromatic heterocycles. The van der Waals surface area contributed by atoms with Crippen molar-refractivity contribution in [2.24, 2.45) is 0 Å². The molecule has 9 nitrogen and oxygen atoms in total. The lowest BCUT2D eigenvalue weighted by molar-refractivity contribution is -0.393. The van der Waals surface area contributed by atoms with Crippen molar-refractivity contribution >= 4 is 34.3 Å². The fourth-order valence-corrected chi connectivity index (χ4v) is 1.97. The number of rotatable bonds is 6. The number of carbonyl (C=O) groups excluding carboxylic acids is 1. The smallest absolute Gasteiger partial charge is 0.299 e. The highest BCUT2D eigenvalue weighted by atomic mass is 16.6. The molecular formula is C15H14N4O5. The van der Waals surface area contributed by atoms with Crippen molar-refractivity contribution in [3.05, 3.63) is 62.7 Å². The number of hydrogen-bond acceptors (Lipinski definition) is 6. The van der Waals surface area contributed by atoms with Gasteiger partial charge in [-0.1, -0.05) is 13.0 Å². The zero-order chi connectivity index (χ0) is 17.7. The van der Waals surface area contributed by atoms with Crippen LogP contribution in [0.4, 0.5) is 28.4 Å². The van der Waals surface area contributed by atoms with E-state index < -0.39 is 15.5 Å². The summed E-state index contributed by atoms with van der Waals surface area (Å²) in [6, 6.07) is 9.97. The molecule has 0 bridgehead atoms. The minimum atomic E-state index is -0.697. The molecule has 24 heavy (non-hydrogen) atoms. The van der Waals surface area contributed by atoms with Gasteiger partial charge in [0.2, 0.25) is 5.91 Å². The van der Waals surface area contributed by atoms with Crippen molar-refractivity contribution in [2.75, 3.05) is 10.6 Å². The van der Waals surface area contributed by atoms with Gasteiger partial charge >= 0.3 is 0 Å². The number of amides is 1. The maximum absolute atomic E-state index is 11.4. The van der Waals surface area contributed by atoms with E-state index >= 15 is 0 Å². The second-order valence-corrected chi connectivity index (χ2v) is 4.82. The number of benzene rings is 2. The summed E-state index contributed by atoms with van der Waals surface area (Å²) in [4.78, 5) is 31.9. The van der Waals surface area contributed by atoms with E-state index in [2.05, 4.69) is 10.6 Å². The zero-order valence-corrected chi connectivity index (χ0v) is 12.7. The number of nitro benzene ring substituents is 2. The van der Waals surface area contributed by atoms with Gasteiger partial charge in [-0.05, 0) is 24.3 Å². The standard InChI is InChI=1S/C15H14N4O5/c1-2-15(20)17-11-5-3-4-10(8-11)16-13-7-6-12(18(21)22)9-14(13)19(23)24/h3-9,16H,2H2,1H3,(H,17,20). The Balaban J connectivity index is 2.30. The van der Waals surface area contributed by atoms with Gasteiger partial charge in [-0.15, -0.1) is 0 Å². The molecule has 0 saturated heterocycles. The van der Waals surface area contributed by atoms with Crippen molar-refractivity contribution in [3.63, 3.8) is 0 Å². The molecule has 0 aliphatic carbocycles. The van der Waals surface area contributed by atoms with Crippen molar-refractivity contribution in [1.82, 2.24) is 0 Å². The highest BCUT2D eigenvalue weighted by Crippen LogP contribution is 2.31. The Bertz CT molecular complexity index is 806. The topological polar surface area (TPSA) is 127 Å². The Labute approximate surface area is 136 Å². The molecule has 2 aromatic rings. The summed E-state index contributed by atoms with van der Waals surface area (Å²) in [7, 11) is 0. The molecule has 9 heteroatoms. The van der Waals surface area contributed by atoms with E-state index in [9.17, 15) is 25.0 Å². The summed E-state index contributed by atoms with van der Waals surface area (Å²) in [6.45, 7) is 1.72. The number of carbonyl (C=O) groups is 1. The van der Waals surface area contributed by atoms with E-state index in [1.54, 1.807) is 31.2 Å². The van der Waals surface area contributed by atoms with Crippen LogP contribution in [0.25, 0.3) is 0 Å². The van der Waals surface area contributed by atoms with Crippen LogP contribution in [-0.4, -0.2) is 15.8 Å². The van der Waals surface area contributed by atoms with Crippen LogP contribution in [-0.2, 0) is 4.79 Å². The van der Waals surface area contributed by atoms with Crippen molar-refractivity contribution in [1.29, 1.82) is 0 Å². The van der Waals surface area contributed by atoms with Crippen molar-refractivity contribution in [3.8, 4) is 0 Å². The summed E-state index contributed by atoms with van der Waals surface area (Å²) in [6.07, 6.45) is 0.325. The molecule has 0 fully saturated rings. The molecule has 0 radical (unpaired) electrons. The lowest BCUT2D eigenvalue weighted by Gasteiger charge is -2.09. The summed E-state index contributed by atoms with van der Waals surface area (Å²) in [5.74, 6) is -0.159. The number of hydrogen-bond donors (Lipinski definition) is 2. The molecular weight excluding hydrogens is 316 g/mol. The maximum Gasteiger partial charge on any atom is 0.299 e. The van der Waals surface area contributed by atoms with Gasteiger partial charge in [-0.25, -0.2) is 0 Å². The monoisotopic (exact) mass is 330 g/mol. The Kier molecular flexibility index (Phi) is 5.05. The maximum atomic E-state index is 11.4. The third-order valence-corrected chi connectivity index (χ3v) is 3.14. The molecule has 0 unspecified atom stereocenters. The highest BCUT2D eigenvalue weighted by Gasteiger charge is 2.19. The Morgan fingerprint density at radius 3 is 2.38 bits per heavy atom. The van der Waals surface area contributed by atoms with E-state index in [1.165, 1.54) is 12.1 Å². The van der Waals surface area contributed by atoms with Crippen LogP contribution in [0.1, 0.15) is 13.3 Å². The van der Waals surface area contributed by atoms with Crippen molar-refractivity contribution < 1.29 is 14.6 Å². The van der Waals surface area contributed by atoms with Gasteiger partial charge in [-0.3, -0.25) is 25.0 Å². The molecule has 0 heterocycles. The fraction of sp³-hybridized carbons (Fsp3) is 0.133. The normalized spacial score (nSPS) is 10.0. The first-order valence-corrected chi connectivity index (χ1v) is 7.00. The first-order chi connectivity index (χ1) is 11.4. The summed E-state index contributed by atoms with van der Waals surface area (Å²) in [5.41, 5.74) is 0.380. The Morgan fingerprint density at radius 1 is 1.04 bits per heavy atom. The summed E-state index contributed by atoms with van der Waals surface area (Å²) in [5, 5.41) is 27.4. The van der Waals surface area contributed by atoms with Crippen molar-refractivity contribution in [2.45, 2.75) is 13.3 Å². The molecule has 1 amide bonds. The first kappa shape index (κ1) is 16.9. The third-order valence-electron chi connectivity index (χ3n) is 3.14. The molecule has 0 spiro atoms. The van der Waals surface area contributed by atoms with E-state index in [1.807, 2.05) is 0 Å². The van der Waals surface area contributed by atoms with Crippen LogP contribution in [0, 0.1) is 20.2 Å². The number of anilines is 3. The van der Waals surface area contributed by atoms with E-state index in [4.69, 9.17) is 0 Å². The quantitative estimate of drug-likeness (QED) is 0.615. The lowest BCUT2D eigenvalue weighted by atomic mass is 10.2. The second kappa shape index (κ2) is 7.18. The molecule has 0 atom stereocenters. The molecule has 0 aliphatic heterocycles. The van der Waals surface area contributed by atoms with Crippen LogP contribution >= 0.6 is 0 Å². The van der Waals surface area contributed by atoms with Gasteiger partial charge in [0.25, 0.3) is 11.4 Å². The predicted molar refractivity (Wildman–Crippen MR) is 88.4 cm³/mol. The molecule has 2 rings (SSSR count). The SMILES string of the molecule is CCC(=O)Nc1cccc(Nc2ccc([N+](=O)[O-])cc2[N+](=O)[O-])c1. The van der Waals surface area contributed by atoms with E-state index in [0.717, 1.165) is 6.07 Å². The Morgan fingerprint density at radius 2 is 1.75 bits per heavy atom. The van der Waals surface area contributed by atoms with Crippen LogP contribution in [0.3, 0.4) is 0 Å². The number of nitrogens with one attached hydrogen (secondary N) is 2. The second-order valence-electron chi connectivity index (χ2n) is 4.82. The summed E-state index contributed by atoms with van der Waals surface area (Å²) >= 11 is 0. The third kappa shape index (κ3) is 4.03. The number of nitrogens with zero attached hydrogens (tertiary/aromatic N) is 2. The molecule has 0 saturated carbocycles. The van der Waals surface area contributed by atoms with Gasteiger partial charge in [0, 0.05) is 23.9 Å².